The molecule has 86 valence electrons. The van der Waals surface area contributed by atoms with Crippen molar-refractivity contribution >= 4 is 0 Å². The van der Waals surface area contributed by atoms with Gasteiger partial charge in [-0.05, 0) is 31.9 Å². The summed E-state index contributed by atoms with van der Waals surface area (Å²) in [5.41, 5.74) is 1.78. The molecule has 3 rings (SSSR count). The second-order valence-corrected chi connectivity index (χ2v) is 5.27. The number of piperidine rings is 1. The van der Waals surface area contributed by atoms with Crippen molar-refractivity contribution in [1.82, 2.24) is 4.90 Å². The van der Waals surface area contributed by atoms with Gasteiger partial charge in [0.1, 0.15) is 5.60 Å². The molecule has 2 aliphatic heterocycles. The average Bonchev–Trinajstić information content (AvgIpc) is 2.28. The first-order chi connectivity index (χ1) is 7.70. The van der Waals surface area contributed by atoms with Crippen molar-refractivity contribution in [3.05, 3.63) is 35.4 Å². The van der Waals surface area contributed by atoms with Crippen molar-refractivity contribution in [1.29, 1.82) is 0 Å². The molecule has 1 aromatic rings. The summed E-state index contributed by atoms with van der Waals surface area (Å²) in [7, 11) is 0. The van der Waals surface area contributed by atoms with Crippen molar-refractivity contribution in [3.8, 4) is 0 Å². The van der Waals surface area contributed by atoms with E-state index in [0.717, 1.165) is 18.5 Å². The fraction of sp³-hybridized carbons (Fsp3) is 0.571. The van der Waals surface area contributed by atoms with Crippen LogP contribution in [-0.2, 0) is 5.60 Å². The highest BCUT2D eigenvalue weighted by Gasteiger charge is 2.52. The molecular formula is C14H19NO. The lowest BCUT2D eigenvalue weighted by Crippen LogP contribution is -2.68. The zero-order valence-corrected chi connectivity index (χ0v) is 9.82. The Labute approximate surface area is 96.9 Å². The van der Waals surface area contributed by atoms with Gasteiger partial charge < -0.3 is 5.11 Å². The highest BCUT2D eigenvalue weighted by Crippen LogP contribution is 2.43. The number of hydrogen-bond acceptors (Lipinski definition) is 2. The van der Waals surface area contributed by atoms with Gasteiger partial charge in [0.25, 0.3) is 0 Å². The quantitative estimate of drug-likeness (QED) is 0.778. The van der Waals surface area contributed by atoms with Crippen LogP contribution in [0, 0.1) is 6.92 Å². The number of aliphatic hydroxyl groups is 1. The maximum Gasteiger partial charge on any atom is 0.118 e. The molecule has 2 heterocycles. The Bertz CT molecular complexity index is 386. The van der Waals surface area contributed by atoms with Gasteiger partial charge in [0.2, 0.25) is 0 Å². The first-order valence-corrected chi connectivity index (χ1v) is 6.24. The lowest BCUT2D eigenvalue weighted by molar-refractivity contribution is -0.172. The number of nitrogens with zero attached hydrogens (tertiary/aromatic N) is 1. The summed E-state index contributed by atoms with van der Waals surface area (Å²) in [6, 6.07) is 8.73. The molecule has 1 aromatic carbocycles. The summed E-state index contributed by atoms with van der Waals surface area (Å²) in [5, 5.41) is 10.7. The van der Waals surface area contributed by atoms with Crippen LogP contribution in [0.1, 0.15) is 30.4 Å². The molecule has 0 amide bonds. The minimum absolute atomic E-state index is 0.365. The third-order valence-electron chi connectivity index (χ3n) is 4.16. The highest BCUT2D eigenvalue weighted by molar-refractivity contribution is 5.31. The summed E-state index contributed by atoms with van der Waals surface area (Å²) in [5.74, 6) is 0. The van der Waals surface area contributed by atoms with E-state index in [4.69, 9.17) is 0 Å². The molecule has 16 heavy (non-hydrogen) atoms. The standard InChI is InChI=1S/C14H19NO/c1-11-5-7-12(8-6-11)14(16)10-15-9-3-2-4-13(14)15/h5-8,13,16H,2-4,9-10H2,1H3/t13-,14+/m1/s1. The predicted molar refractivity (Wildman–Crippen MR) is 64.3 cm³/mol. The molecule has 2 aliphatic rings. The number of rotatable bonds is 1. The van der Waals surface area contributed by atoms with E-state index in [1.54, 1.807) is 0 Å². The lowest BCUT2D eigenvalue weighted by Gasteiger charge is -2.57. The lowest BCUT2D eigenvalue weighted by atomic mass is 9.73. The van der Waals surface area contributed by atoms with Crippen molar-refractivity contribution in [2.24, 2.45) is 0 Å². The van der Waals surface area contributed by atoms with E-state index in [9.17, 15) is 5.11 Å². The number of benzene rings is 1. The molecule has 0 aromatic heterocycles. The first-order valence-electron chi connectivity index (χ1n) is 6.24. The third-order valence-corrected chi connectivity index (χ3v) is 4.16. The Morgan fingerprint density at radius 2 is 2.00 bits per heavy atom. The van der Waals surface area contributed by atoms with E-state index in [0.29, 0.717) is 6.04 Å². The topological polar surface area (TPSA) is 23.5 Å². The van der Waals surface area contributed by atoms with E-state index >= 15 is 0 Å². The first kappa shape index (κ1) is 10.3. The van der Waals surface area contributed by atoms with Crippen LogP contribution in [0.3, 0.4) is 0 Å². The van der Waals surface area contributed by atoms with E-state index in [-0.39, 0.29) is 0 Å². The zero-order chi connectivity index (χ0) is 11.2. The predicted octanol–water partition coefficient (Wildman–Crippen LogP) is 2.05. The van der Waals surface area contributed by atoms with Crippen LogP contribution in [0.25, 0.3) is 0 Å². The number of hydrogen-bond donors (Lipinski definition) is 1. The normalized spacial score (nSPS) is 34.2. The second kappa shape index (κ2) is 3.57. The summed E-state index contributed by atoms with van der Waals surface area (Å²) in [6.07, 6.45) is 3.69. The van der Waals surface area contributed by atoms with Crippen LogP contribution in [0.15, 0.2) is 24.3 Å². The summed E-state index contributed by atoms with van der Waals surface area (Å²) in [6.45, 7) is 4.07. The number of aryl methyl sites for hydroxylation is 1. The van der Waals surface area contributed by atoms with Crippen molar-refractivity contribution in [2.75, 3.05) is 13.1 Å². The molecule has 2 nitrogen and oxygen atoms in total. The van der Waals surface area contributed by atoms with Crippen LogP contribution in [0.5, 0.6) is 0 Å². The Balaban J connectivity index is 1.86. The van der Waals surface area contributed by atoms with Gasteiger partial charge >= 0.3 is 0 Å². The molecule has 0 aliphatic carbocycles. The van der Waals surface area contributed by atoms with Gasteiger partial charge in [-0.2, -0.15) is 0 Å². The maximum absolute atomic E-state index is 10.7. The monoisotopic (exact) mass is 217 g/mol. The smallest absolute Gasteiger partial charge is 0.118 e. The summed E-state index contributed by atoms with van der Waals surface area (Å²) in [4.78, 5) is 2.42. The molecule has 2 heteroatoms. The van der Waals surface area contributed by atoms with Crippen molar-refractivity contribution < 1.29 is 5.11 Å². The van der Waals surface area contributed by atoms with Crippen LogP contribution in [-0.4, -0.2) is 29.1 Å². The second-order valence-electron chi connectivity index (χ2n) is 5.27. The summed E-state index contributed by atoms with van der Waals surface area (Å²) < 4.78 is 0. The number of fused-ring (bicyclic) bond motifs is 1. The highest BCUT2D eigenvalue weighted by atomic mass is 16.3. The molecule has 0 bridgehead atoms. The fourth-order valence-electron chi connectivity index (χ4n) is 3.15. The molecular weight excluding hydrogens is 198 g/mol. The Morgan fingerprint density at radius 3 is 2.69 bits per heavy atom. The zero-order valence-electron chi connectivity index (χ0n) is 9.82. The Kier molecular flexibility index (Phi) is 2.30. The molecule has 0 spiro atoms. The molecule has 0 radical (unpaired) electrons. The largest absolute Gasteiger partial charge is 0.382 e. The molecule has 1 N–H and O–H groups in total. The van der Waals surface area contributed by atoms with Gasteiger partial charge in [-0.1, -0.05) is 36.2 Å². The SMILES string of the molecule is Cc1ccc([C@@]2(O)CN3CCCC[C@@H]32)cc1. The van der Waals surface area contributed by atoms with Gasteiger partial charge in [-0.25, -0.2) is 0 Å². The van der Waals surface area contributed by atoms with Crippen LogP contribution >= 0.6 is 0 Å². The van der Waals surface area contributed by atoms with E-state index < -0.39 is 5.60 Å². The van der Waals surface area contributed by atoms with Crippen LogP contribution in [0.4, 0.5) is 0 Å². The van der Waals surface area contributed by atoms with Crippen LogP contribution in [0.2, 0.25) is 0 Å². The molecule has 2 fully saturated rings. The third kappa shape index (κ3) is 1.40. The fourth-order valence-corrected chi connectivity index (χ4v) is 3.15. The Hall–Kier alpha value is -0.860. The van der Waals surface area contributed by atoms with Crippen molar-refractivity contribution in [3.63, 3.8) is 0 Å². The minimum atomic E-state index is -0.575. The van der Waals surface area contributed by atoms with Gasteiger partial charge in [-0.3, -0.25) is 4.90 Å². The minimum Gasteiger partial charge on any atom is -0.382 e. The molecule has 2 atom stereocenters. The van der Waals surface area contributed by atoms with Crippen molar-refractivity contribution in [2.45, 2.75) is 37.8 Å². The molecule has 0 unspecified atom stereocenters. The van der Waals surface area contributed by atoms with E-state index in [1.165, 1.54) is 24.9 Å². The average molecular weight is 217 g/mol. The van der Waals surface area contributed by atoms with E-state index in [2.05, 4.69) is 36.1 Å². The van der Waals surface area contributed by atoms with Gasteiger partial charge in [-0.15, -0.1) is 0 Å². The molecule has 2 saturated heterocycles. The maximum atomic E-state index is 10.7. The summed E-state index contributed by atoms with van der Waals surface area (Å²) >= 11 is 0. The Morgan fingerprint density at radius 1 is 1.25 bits per heavy atom. The van der Waals surface area contributed by atoms with Gasteiger partial charge in [0.15, 0.2) is 0 Å². The molecule has 0 saturated carbocycles. The van der Waals surface area contributed by atoms with Crippen LogP contribution < -0.4 is 0 Å². The van der Waals surface area contributed by atoms with Gasteiger partial charge in [0, 0.05) is 12.6 Å². The van der Waals surface area contributed by atoms with Gasteiger partial charge in [0.05, 0.1) is 0 Å². The van der Waals surface area contributed by atoms with E-state index in [1.807, 2.05) is 0 Å².